The Labute approximate surface area is 81.9 Å². The Bertz CT molecular complexity index is 387. The molecule has 14 heavy (non-hydrogen) atoms. The second kappa shape index (κ2) is 4.77. The van der Waals surface area contributed by atoms with Gasteiger partial charge in [-0.2, -0.15) is 5.26 Å². The zero-order chi connectivity index (χ0) is 10.4. The Hall–Kier alpha value is -2.15. The van der Waals surface area contributed by atoms with Crippen LogP contribution in [0.2, 0.25) is 0 Å². The monoisotopic (exact) mass is 187 g/mol. The maximum Gasteiger partial charge on any atom is 0.249 e. The van der Waals surface area contributed by atoms with Crippen molar-refractivity contribution in [3.63, 3.8) is 0 Å². The van der Waals surface area contributed by atoms with Gasteiger partial charge in [0.05, 0.1) is 5.56 Å². The summed E-state index contributed by atoms with van der Waals surface area (Å²) in [4.78, 5) is 14.9. The van der Waals surface area contributed by atoms with Crippen LogP contribution >= 0.6 is 0 Å². The molecule has 0 aliphatic carbocycles. The van der Waals surface area contributed by atoms with Gasteiger partial charge in [-0.15, -0.1) is 0 Å². The van der Waals surface area contributed by atoms with Crippen molar-refractivity contribution in [2.45, 2.75) is 6.92 Å². The number of rotatable bonds is 2. The molecule has 1 aromatic heterocycles. The van der Waals surface area contributed by atoms with E-state index in [4.69, 9.17) is 5.26 Å². The number of nitrogens with one attached hydrogen (secondary N) is 1. The first kappa shape index (κ1) is 9.93. The predicted octanol–water partition coefficient (Wildman–Crippen LogP) is 1.47. The average Bonchev–Trinajstić information content (AvgIpc) is 2.19. The predicted molar refractivity (Wildman–Crippen MR) is 52.4 cm³/mol. The number of pyridine rings is 1. The normalized spacial score (nSPS) is 9.71. The lowest BCUT2D eigenvalue weighted by molar-refractivity contribution is -0.111. The van der Waals surface area contributed by atoms with Gasteiger partial charge in [-0.3, -0.25) is 4.79 Å². The lowest BCUT2D eigenvalue weighted by atomic mass is 10.3. The van der Waals surface area contributed by atoms with Crippen LogP contribution in [0.25, 0.3) is 0 Å². The SMILES string of the molecule is CC=CC(=O)Nc1ccc(C#N)cn1. The highest BCUT2D eigenvalue weighted by atomic mass is 16.1. The van der Waals surface area contributed by atoms with Crippen molar-refractivity contribution < 1.29 is 4.79 Å². The number of anilines is 1. The Morgan fingerprint density at radius 3 is 2.93 bits per heavy atom. The molecule has 1 heterocycles. The molecule has 0 fully saturated rings. The lowest BCUT2D eigenvalue weighted by Crippen LogP contribution is -2.08. The zero-order valence-electron chi connectivity index (χ0n) is 7.69. The number of nitrogens with zero attached hydrogens (tertiary/aromatic N) is 2. The van der Waals surface area contributed by atoms with Crippen molar-refractivity contribution in [2.75, 3.05) is 5.32 Å². The molecular weight excluding hydrogens is 178 g/mol. The van der Waals surface area contributed by atoms with Crippen LogP contribution < -0.4 is 5.32 Å². The fourth-order valence-electron chi connectivity index (χ4n) is 0.853. The van der Waals surface area contributed by atoms with Crippen LogP contribution in [0.5, 0.6) is 0 Å². The second-order valence-electron chi connectivity index (χ2n) is 2.53. The van der Waals surface area contributed by atoms with Crippen LogP contribution in [-0.2, 0) is 4.79 Å². The first-order chi connectivity index (χ1) is 6.76. The van der Waals surface area contributed by atoms with E-state index in [9.17, 15) is 4.79 Å². The summed E-state index contributed by atoms with van der Waals surface area (Å²) in [5.74, 6) is 0.205. The van der Waals surface area contributed by atoms with E-state index in [1.807, 2.05) is 6.07 Å². The first-order valence-corrected chi connectivity index (χ1v) is 4.06. The summed E-state index contributed by atoms with van der Waals surface area (Å²) in [6.45, 7) is 1.76. The summed E-state index contributed by atoms with van der Waals surface area (Å²) < 4.78 is 0. The van der Waals surface area contributed by atoms with Crippen LogP contribution in [-0.4, -0.2) is 10.9 Å². The van der Waals surface area contributed by atoms with Crippen LogP contribution in [0.1, 0.15) is 12.5 Å². The summed E-state index contributed by atoms with van der Waals surface area (Å²) in [6, 6.07) is 5.12. The molecule has 0 unspecified atom stereocenters. The number of aromatic nitrogens is 1. The van der Waals surface area contributed by atoms with Crippen molar-refractivity contribution >= 4 is 11.7 Å². The third-order valence-electron chi connectivity index (χ3n) is 1.46. The van der Waals surface area contributed by atoms with E-state index in [1.54, 1.807) is 25.1 Å². The molecule has 4 heteroatoms. The van der Waals surface area contributed by atoms with Crippen LogP contribution in [0.3, 0.4) is 0 Å². The Morgan fingerprint density at radius 2 is 2.43 bits per heavy atom. The summed E-state index contributed by atoms with van der Waals surface area (Å²) >= 11 is 0. The molecule has 0 aliphatic rings. The molecule has 0 aliphatic heterocycles. The molecule has 0 radical (unpaired) electrons. The van der Waals surface area contributed by atoms with Crippen molar-refractivity contribution in [1.82, 2.24) is 4.98 Å². The Morgan fingerprint density at radius 1 is 1.64 bits per heavy atom. The van der Waals surface area contributed by atoms with Gasteiger partial charge in [0.1, 0.15) is 11.9 Å². The van der Waals surface area contributed by atoms with Crippen molar-refractivity contribution in [2.24, 2.45) is 0 Å². The highest BCUT2D eigenvalue weighted by Gasteiger charge is 1.97. The summed E-state index contributed by atoms with van der Waals surface area (Å²) in [5.41, 5.74) is 0.467. The van der Waals surface area contributed by atoms with E-state index < -0.39 is 0 Å². The summed E-state index contributed by atoms with van der Waals surface area (Å²) in [5, 5.41) is 11.1. The molecule has 0 saturated carbocycles. The molecule has 70 valence electrons. The largest absolute Gasteiger partial charge is 0.307 e. The standard InChI is InChI=1S/C10H9N3O/c1-2-3-10(14)13-9-5-4-8(6-11)7-12-9/h2-5,7H,1H3,(H,12,13,14). The number of carbonyl (C=O) groups excluding carboxylic acids is 1. The van der Waals surface area contributed by atoms with Gasteiger partial charge >= 0.3 is 0 Å². The maximum absolute atomic E-state index is 11.1. The summed E-state index contributed by atoms with van der Waals surface area (Å²) in [7, 11) is 0. The van der Waals surface area contributed by atoms with Gasteiger partial charge in [-0.25, -0.2) is 4.98 Å². The van der Waals surface area contributed by atoms with E-state index in [-0.39, 0.29) is 5.91 Å². The number of hydrogen-bond donors (Lipinski definition) is 1. The minimum Gasteiger partial charge on any atom is -0.307 e. The molecule has 0 bridgehead atoms. The third-order valence-corrected chi connectivity index (χ3v) is 1.46. The van der Waals surface area contributed by atoms with E-state index in [2.05, 4.69) is 10.3 Å². The minimum atomic E-state index is -0.232. The fourth-order valence-corrected chi connectivity index (χ4v) is 0.853. The highest BCUT2D eigenvalue weighted by Crippen LogP contribution is 2.03. The third kappa shape index (κ3) is 2.72. The number of allylic oxidation sites excluding steroid dienone is 1. The highest BCUT2D eigenvalue weighted by molar-refractivity contribution is 5.98. The molecular formula is C10H9N3O. The fraction of sp³-hybridized carbons (Fsp3) is 0.100. The Kier molecular flexibility index (Phi) is 3.39. The molecule has 1 rings (SSSR count). The van der Waals surface area contributed by atoms with E-state index in [1.165, 1.54) is 12.3 Å². The van der Waals surface area contributed by atoms with Gasteiger partial charge in [0.15, 0.2) is 0 Å². The Balaban J connectivity index is 2.70. The molecule has 1 aromatic rings. The van der Waals surface area contributed by atoms with Crippen molar-refractivity contribution in [3.05, 3.63) is 36.0 Å². The molecule has 0 atom stereocenters. The maximum atomic E-state index is 11.1. The molecule has 0 aromatic carbocycles. The van der Waals surface area contributed by atoms with Gasteiger partial charge in [-0.1, -0.05) is 6.08 Å². The molecule has 4 nitrogen and oxygen atoms in total. The number of carbonyl (C=O) groups is 1. The van der Waals surface area contributed by atoms with Gasteiger partial charge in [0, 0.05) is 6.20 Å². The smallest absolute Gasteiger partial charge is 0.249 e. The minimum absolute atomic E-state index is 0.232. The number of amides is 1. The molecule has 0 spiro atoms. The molecule has 1 N–H and O–H groups in total. The van der Waals surface area contributed by atoms with Crippen LogP contribution in [0.15, 0.2) is 30.5 Å². The van der Waals surface area contributed by atoms with Gasteiger partial charge in [0.25, 0.3) is 0 Å². The van der Waals surface area contributed by atoms with Gasteiger partial charge in [-0.05, 0) is 25.1 Å². The van der Waals surface area contributed by atoms with Crippen LogP contribution in [0.4, 0.5) is 5.82 Å². The number of hydrogen-bond acceptors (Lipinski definition) is 3. The van der Waals surface area contributed by atoms with E-state index >= 15 is 0 Å². The first-order valence-electron chi connectivity index (χ1n) is 4.06. The molecule has 0 saturated heterocycles. The second-order valence-corrected chi connectivity index (χ2v) is 2.53. The van der Waals surface area contributed by atoms with Crippen molar-refractivity contribution in [1.29, 1.82) is 5.26 Å². The van der Waals surface area contributed by atoms with E-state index in [0.29, 0.717) is 11.4 Å². The van der Waals surface area contributed by atoms with E-state index in [0.717, 1.165) is 0 Å². The van der Waals surface area contributed by atoms with Gasteiger partial charge < -0.3 is 5.32 Å². The zero-order valence-corrected chi connectivity index (χ0v) is 7.69. The lowest BCUT2D eigenvalue weighted by Gasteiger charge is -1.99. The quantitative estimate of drug-likeness (QED) is 0.713. The van der Waals surface area contributed by atoms with Gasteiger partial charge in [0.2, 0.25) is 5.91 Å². The number of nitriles is 1. The van der Waals surface area contributed by atoms with Crippen molar-refractivity contribution in [3.8, 4) is 6.07 Å². The molecule has 1 amide bonds. The van der Waals surface area contributed by atoms with Crippen LogP contribution in [0, 0.1) is 11.3 Å². The average molecular weight is 187 g/mol. The summed E-state index contributed by atoms with van der Waals surface area (Å²) in [6.07, 6.45) is 4.45. The topological polar surface area (TPSA) is 65.8 Å².